The van der Waals surface area contributed by atoms with E-state index in [4.69, 9.17) is 5.84 Å². The molecule has 5 nitrogen and oxygen atoms in total. The number of hydrazine groups is 1. The van der Waals surface area contributed by atoms with Gasteiger partial charge in [0.25, 0.3) is 11.5 Å². The second-order valence-corrected chi connectivity index (χ2v) is 4.97. The van der Waals surface area contributed by atoms with Gasteiger partial charge in [-0.25, -0.2) is 5.84 Å². The van der Waals surface area contributed by atoms with Gasteiger partial charge in [0, 0.05) is 12.1 Å². The number of nitrogens with one attached hydrogen (secondary N) is 1. The number of nitrogens with two attached hydrogens (primary N) is 1. The number of hydrogen-bond donors (Lipinski definition) is 2. The first-order valence-electron chi connectivity index (χ1n) is 6.82. The number of nitrogens with zero attached hydrogens (tertiary/aromatic N) is 1. The molecular formula is C16H19N3O2. The standard InChI is InChI=1S/C16H19N3O2/c1-4-19-14(13-9-10(2)5-6-11(13)3)8-7-12(16(19)21)15(20)18-17/h5-9H,4,17H2,1-3H3,(H,18,20). The average molecular weight is 285 g/mol. The number of rotatable bonds is 3. The summed E-state index contributed by atoms with van der Waals surface area (Å²) in [6.45, 7) is 6.36. The fourth-order valence-corrected chi connectivity index (χ4v) is 2.39. The van der Waals surface area contributed by atoms with Crippen LogP contribution in [0, 0.1) is 13.8 Å². The summed E-state index contributed by atoms with van der Waals surface area (Å²) < 4.78 is 1.59. The molecule has 1 amide bonds. The van der Waals surface area contributed by atoms with E-state index in [2.05, 4.69) is 0 Å². The molecule has 0 aliphatic rings. The predicted octanol–water partition coefficient (Wildman–Crippen LogP) is 1.76. The van der Waals surface area contributed by atoms with Crippen LogP contribution in [0.2, 0.25) is 0 Å². The molecule has 110 valence electrons. The minimum atomic E-state index is -0.574. The monoisotopic (exact) mass is 285 g/mol. The van der Waals surface area contributed by atoms with Gasteiger partial charge >= 0.3 is 0 Å². The lowest BCUT2D eigenvalue weighted by Crippen LogP contribution is -2.36. The maximum Gasteiger partial charge on any atom is 0.270 e. The Hall–Kier alpha value is -2.40. The number of hydrogen-bond acceptors (Lipinski definition) is 3. The third-order valence-corrected chi connectivity index (χ3v) is 3.54. The largest absolute Gasteiger partial charge is 0.308 e. The normalized spacial score (nSPS) is 10.5. The van der Waals surface area contributed by atoms with E-state index in [0.717, 1.165) is 22.4 Å². The van der Waals surface area contributed by atoms with Crippen LogP contribution in [0.15, 0.2) is 35.1 Å². The van der Waals surface area contributed by atoms with Crippen LogP contribution >= 0.6 is 0 Å². The number of aromatic nitrogens is 1. The van der Waals surface area contributed by atoms with E-state index in [1.807, 2.05) is 44.4 Å². The fourth-order valence-electron chi connectivity index (χ4n) is 2.39. The summed E-state index contributed by atoms with van der Waals surface area (Å²) in [7, 11) is 0. The summed E-state index contributed by atoms with van der Waals surface area (Å²) in [4.78, 5) is 24.1. The molecule has 1 aromatic carbocycles. The minimum absolute atomic E-state index is 0.0495. The molecule has 0 aliphatic heterocycles. The van der Waals surface area contributed by atoms with Crippen LogP contribution in [0.25, 0.3) is 11.3 Å². The van der Waals surface area contributed by atoms with Crippen LogP contribution < -0.4 is 16.8 Å². The lowest BCUT2D eigenvalue weighted by molar-refractivity contribution is 0.0951. The molecule has 0 saturated carbocycles. The Kier molecular flexibility index (Phi) is 4.23. The maximum atomic E-state index is 12.4. The second-order valence-electron chi connectivity index (χ2n) is 4.97. The summed E-state index contributed by atoms with van der Waals surface area (Å²) in [6.07, 6.45) is 0. The van der Waals surface area contributed by atoms with E-state index in [1.165, 1.54) is 6.07 Å². The molecule has 0 aliphatic carbocycles. The third-order valence-electron chi connectivity index (χ3n) is 3.54. The van der Waals surface area contributed by atoms with E-state index in [9.17, 15) is 9.59 Å². The van der Waals surface area contributed by atoms with Crippen molar-refractivity contribution in [1.29, 1.82) is 0 Å². The molecule has 0 spiro atoms. The van der Waals surface area contributed by atoms with Crippen LogP contribution in [0.3, 0.4) is 0 Å². The van der Waals surface area contributed by atoms with E-state index >= 15 is 0 Å². The smallest absolute Gasteiger partial charge is 0.270 e. The molecule has 1 aromatic heterocycles. The Bertz CT molecular complexity index is 748. The number of carbonyl (C=O) groups excluding carboxylic acids is 1. The topological polar surface area (TPSA) is 77.1 Å². The van der Waals surface area contributed by atoms with Crippen LogP contribution in [0.5, 0.6) is 0 Å². The highest BCUT2D eigenvalue weighted by Gasteiger charge is 2.15. The Balaban J connectivity index is 2.71. The van der Waals surface area contributed by atoms with E-state index in [1.54, 1.807) is 10.6 Å². The van der Waals surface area contributed by atoms with Gasteiger partial charge in [0.05, 0.1) is 5.69 Å². The van der Waals surface area contributed by atoms with Gasteiger partial charge in [-0.2, -0.15) is 0 Å². The zero-order chi connectivity index (χ0) is 15.6. The Morgan fingerprint density at radius 1 is 1.24 bits per heavy atom. The lowest BCUT2D eigenvalue weighted by Gasteiger charge is -2.15. The van der Waals surface area contributed by atoms with Crippen molar-refractivity contribution in [2.75, 3.05) is 0 Å². The lowest BCUT2D eigenvalue weighted by atomic mass is 10.0. The van der Waals surface area contributed by atoms with E-state index < -0.39 is 5.91 Å². The molecule has 2 rings (SSSR count). The van der Waals surface area contributed by atoms with Gasteiger partial charge in [0.15, 0.2) is 0 Å². The molecule has 21 heavy (non-hydrogen) atoms. The predicted molar refractivity (Wildman–Crippen MR) is 82.9 cm³/mol. The molecule has 1 heterocycles. The van der Waals surface area contributed by atoms with E-state index in [0.29, 0.717) is 6.54 Å². The van der Waals surface area contributed by atoms with Gasteiger partial charge in [-0.05, 0) is 44.5 Å². The highest BCUT2D eigenvalue weighted by molar-refractivity contribution is 5.93. The van der Waals surface area contributed by atoms with Crippen molar-refractivity contribution in [2.24, 2.45) is 5.84 Å². The first kappa shape index (κ1) is 15.0. The number of nitrogen functional groups attached to an aromatic ring is 1. The molecule has 0 radical (unpaired) electrons. The first-order valence-corrected chi connectivity index (χ1v) is 6.82. The van der Waals surface area contributed by atoms with Crippen molar-refractivity contribution in [1.82, 2.24) is 9.99 Å². The summed E-state index contributed by atoms with van der Waals surface area (Å²) in [6, 6.07) is 9.41. The quantitative estimate of drug-likeness (QED) is 0.512. The number of amides is 1. The van der Waals surface area contributed by atoms with Crippen molar-refractivity contribution in [3.05, 3.63) is 57.4 Å². The summed E-state index contributed by atoms with van der Waals surface area (Å²) in [5.74, 6) is 4.54. The average Bonchev–Trinajstić information content (AvgIpc) is 2.48. The van der Waals surface area contributed by atoms with Crippen molar-refractivity contribution < 1.29 is 4.79 Å². The highest BCUT2D eigenvalue weighted by Crippen LogP contribution is 2.24. The van der Waals surface area contributed by atoms with Crippen molar-refractivity contribution in [3.63, 3.8) is 0 Å². The maximum absolute atomic E-state index is 12.4. The summed E-state index contributed by atoms with van der Waals surface area (Å²) in [5, 5.41) is 0. The summed E-state index contributed by atoms with van der Waals surface area (Å²) >= 11 is 0. The molecule has 3 N–H and O–H groups in total. The van der Waals surface area contributed by atoms with E-state index in [-0.39, 0.29) is 11.1 Å². The van der Waals surface area contributed by atoms with Gasteiger partial charge in [-0.1, -0.05) is 17.7 Å². The van der Waals surface area contributed by atoms with Gasteiger partial charge in [0.2, 0.25) is 0 Å². The molecule has 5 heteroatoms. The van der Waals surface area contributed by atoms with Crippen molar-refractivity contribution >= 4 is 5.91 Å². The minimum Gasteiger partial charge on any atom is -0.308 e. The first-order chi connectivity index (χ1) is 9.99. The molecule has 2 aromatic rings. The zero-order valence-corrected chi connectivity index (χ0v) is 12.4. The Labute approximate surface area is 123 Å². The van der Waals surface area contributed by atoms with Crippen LogP contribution in [-0.4, -0.2) is 10.5 Å². The van der Waals surface area contributed by atoms with Gasteiger partial charge < -0.3 is 4.57 Å². The molecule has 0 atom stereocenters. The SMILES string of the molecule is CCn1c(-c2cc(C)ccc2C)ccc(C(=O)NN)c1=O. The van der Waals surface area contributed by atoms with Gasteiger partial charge in [-0.3, -0.25) is 15.0 Å². The second kappa shape index (κ2) is 5.93. The Morgan fingerprint density at radius 3 is 2.57 bits per heavy atom. The van der Waals surface area contributed by atoms with Gasteiger partial charge in [-0.15, -0.1) is 0 Å². The molecule has 0 saturated heterocycles. The zero-order valence-electron chi connectivity index (χ0n) is 12.4. The number of benzene rings is 1. The molecule has 0 fully saturated rings. The highest BCUT2D eigenvalue weighted by atomic mass is 16.2. The van der Waals surface area contributed by atoms with Crippen LogP contribution in [0.4, 0.5) is 0 Å². The number of carbonyl (C=O) groups is 1. The molecule has 0 unspecified atom stereocenters. The fraction of sp³-hybridized carbons (Fsp3) is 0.250. The van der Waals surface area contributed by atoms with Crippen LogP contribution in [0.1, 0.15) is 28.4 Å². The van der Waals surface area contributed by atoms with Crippen molar-refractivity contribution in [2.45, 2.75) is 27.3 Å². The number of aryl methyl sites for hydroxylation is 2. The Morgan fingerprint density at radius 2 is 1.95 bits per heavy atom. The summed E-state index contributed by atoms with van der Waals surface area (Å²) in [5.41, 5.74) is 5.71. The molecular weight excluding hydrogens is 266 g/mol. The van der Waals surface area contributed by atoms with Crippen LogP contribution in [-0.2, 0) is 6.54 Å². The van der Waals surface area contributed by atoms with Gasteiger partial charge in [0.1, 0.15) is 5.56 Å². The van der Waals surface area contributed by atoms with Crippen molar-refractivity contribution in [3.8, 4) is 11.3 Å². The third kappa shape index (κ3) is 2.73. The molecule has 0 bridgehead atoms. The number of pyridine rings is 1.